The first-order valence-electron chi connectivity index (χ1n) is 2.66. The van der Waals surface area contributed by atoms with Crippen LogP contribution in [0, 0.1) is 0 Å². The molecule has 0 aliphatic carbocycles. The van der Waals surface area contributed by atoms with E-state index in [-0.39, 0.29) is 10.9 Å². The Hall–Kier alpha value is -0.240. The van der Waals surface area contributed by atoms with Crippen molar-refractivity contribution in [2.45, 2.75) is 13.8 Å². The molecule has 1 heterocycles. The van der Waals surface area contributed by atoms with Crippen LogP contribution >= 0.6 is 10.9 Å². The van der Waals surface area contributed by atoms with Crippen LogP contribution in [0.5, 0.6) is 0 Å². The normalized spacial score (nSPS) is 32.1. The van der Waals surface area contributed by atoms with Crippen molar-refractivity contribution in [1.82, 2.24) is 0 Å². The Morgan fingerprint density at radius 1 is 1.50 bits per heavy atom. The Morgan fingerprint density at radius 3 is 2.25 bits per heavy atom. The van der Waals surface area contributed by atoms with Gasteiger partial charge in [0.1, 0.15) is 0 Å². The van der Waals surface area contributed by atoms with Gasteiger partial charge in [0, 0.05) is 6.20 Å². The molecular weight excluding hydrogens is 118 g/mol. The Labute approximate surface area is 52.9 Å². The molecule has 46 valence electrons. The molecule has 0 aromatic rings. The second kappa shape index (κ2) is 1.94. The standard InChI is InChI=1S/C6H11NS/c1-5-4-7-6(2)8(5)3/h4,8H,1-3H3. The van der Waals surface area contributed by atoms with Crippen LogP contribution in [-0.4, -0.2) is 11.3 Å². The zero-order chi connectivity index (χ0) is 6.15. The van der Waals surface area contributed by atoms with Crippen LogP contribution in [0.2, 0.25) is 0 Å². The number of allylic oxidation sites excluding steroid dienone is 1. The zero-order valence-electron chi connectivity index (χ0n) is 5.47. The molecule has 1 nitrogen and oxygen atoms in total. The van der Waals surface area contributed by atoms with Crippen molar-refractivity contribution in [3.05, 3.63) is 11.1 Å². The third kappa shape index (κ3) is 0.802. The first kappa shape index (κ1) is 5.89. The molecule has 0 amide bonds. The lowest BCUT2D eigenvalue weighted by atomic mass is 10.7. The fraction of sp³-hybridized carbons (Fsp3) is 0.500. The number of hydrogen-bond donors (Lipinski definition) is 1. The SMILES string of the molecule is CC1=CN=C(C)[SH]1C. The van der Waals surface area contributed by atoms with Gasteiger partial charge in [0.05, 0.1) is 5.04 Å². The number of thiol groups is 1. The summed E-state index contributed by atoms with van der Waals surface area (Å²) in [5, 5.41) is 1.30. The van der Waals surface area contributed by atoms with Gasteiger partial charge in [-0.3, -0.25) is 4.99 Å². The third-order valence-electron chi connectivity index (χ3n) is 1.45. The van der Waals surface area contributed by atoms with Gasteiger partial charge in [0.2, 0.25) is 0 Å². The van der Waals surface area contributed by atoms with Crippen molar-refractivity contribution < 1.29 is 0 Å². The van der Waals surface area contributed by atoms with E-state index in [9.17, 15) is 0 Å². The average molecular weight is 129 g/mol. The average Bonchev–Trinajstić information content (AvgIpc) is 1.98. The van der Waals surface area contributed by atoms with Gasteiger partial charge in [-0.15, -0.1) is 0 Å². The highest BCUT2D eigenvalue weighted by Crippen LogP contribution is 2.36. The van der Waals surface area contributed by atoms with E-state index in [1.54, 1.807) is 0 Å². The van der Waals surface area contributed by atoms with E-state index in [0.717, 1.165) is 0 Å². The molecule has 0 spiro atoms. The Bertz CT molecular complexity index is 140. The number of aliphatic imine (C=N–C) groups is 1. The third-order valence-corrected chi connectivity index (χ3v) is 3.71. The lowest BCUT2D eigenvalue weighted by Crippen LogP contribution is -1.85. The van der Waals surface area contributed by atoms with Crippen LogP contribution in [-0.2, 0) is 0 Å². The van der Waals surface area contributed by atoms with Gasteiger partial charge in [-0.25, -0.2) is 0 Å². The summed E-state index contributed by atoms with van der Waals surface area (Å²) in [6.07, 6.45) is 4.22. The van der Waals surface area contributed by atoms with E-state index < -0.39 is 0 Å². The van der Waals surface area contributed by atoms with Crippen LogP contribution < -0.4 is 0 Å². The molecule has 1 unspecified atom stereocenters. The summed E-state index contributed by atoms with van der Waals surface area (Å²) < 4.78 is 0. The molecule has 0 bridgehead atoms. The second-order valence-electron chi connectivity index (χ2n) is 2.01. The first-order valence-corrected chi connectivity index (χ1v) is 4.45. The van der Waals surface area contributed by atoms with E-state index in [0.29, 0.717) is 0 Å². The number of rotatable bonds is 0. The molecule has 1 rings (SSSR count). The van der Waals surface area contributed by atoms with Gasteiger partial charge in [0.15, 0.2) is 0 Å². The van der Waals surface area contributed by atoms with Gasteiger partial charge in [-0.1, -0.05) is 0 Å². The largest absolute Gasteiger partial charge is 0.255 e. The van der Waals surface area contributed by atoms with Crippen molar-refractivity contribution in [3.63, 3.8) is 0 Å². The fourth-order valence-corrected chi connectivity index (χ4v) is 1.59. The van der Waals surface area contributed by atoms with Crippen molar-refractivity contribution in [2.75, 3.05) is 6.26 Å². The fourth-order valence-electron chi connectivity index (χ4n) is 0.615. The van der Waals surface area contributed by atoms with E-state index >= 15 is 0 Å². The second-order valence-corrected chi connectivity index (χ2v) is 4.48. The summed E-state index contributed by atoms with van der Waals surface area (Å²) >= 11 is 0. The number of hydrogen-bond acceptors (Lipinski definition) is 1. The zero-order valence-corrected chi connectivity index (χ0v) is 6.37. The highest BCUT2D eigenvalue weighted by Gasteiger charge is 2.06. The molecule has 0 saturated carbocycles. The summed E-state index contributed by atoms with van der Waals surface area (Å²) in [5.74, 6) is 0. The maximum atomic E-state index is 4.18. The summed E-state index contributed by atoms with van der Waals surface area (Å²) in [6, 6.07) is 0. The molecule has 1 atom stereocenters. The van der Waals surface area contributed by atoms with Gasteiger partial charge < -0.3 is 0 Å². The molecular formula is C6H11NS. The predicted octanol–water partition coefficient (Wildman–Crippen LogP) is 1.91. The van der Waals surface area contributed by atoms with Crippen LogP contribution in [0.4, 0.5) is 0 Å². The van der Waals surface area contributed by atoms with Crippen molar-refractivity contribution >= 4 is 15.9 Å². The maximum absolute atomic E-state index is 4.18. The van der Waals surface area contributed by atoms with Gasteiger partial charge in [-0.05, 0) is 25.0 Å². The van der Waals surface area contributed by atoms with Gasteiger partial charge in [0.25, 0.3) is 0 Å². The van der Waals surface area contributed by atoms with Crippen molar-refractivity contribution in [2.24, 2.45) is 4.99 Å². The quantitative estimate of drug-likeness (QED) is 0.480. The highest BCUT2D eigenvalue weighted by molar-refractivity contribution is 8.32. The predicted molar refractivity (Wildman–Crippen MR) is 41.8 cm³/mol. The summed E-state index contributed by atoms with van der Waals surface area (Å²) in [6.45, 7) is 4.24. The Morgan fingerprint density at radius 2 is 2.12 bits per heavy atom. The van der Waals surface area contributed by atoms with Gasteiger partial charge >= 0.3 is 0 Å². The monoisotopic (exact) mass is 129 g/mol. The van der Waals surface area contributed by atoms with Crippen molar-refractivity contribution in [1.29, 1.82) is 0 Å². The van der Waals surface area contributed by atoms with E-state index in [4.69, 9.17) is 0 Å². The van der Waals surface area contributed by atoms with Crippen LogP contribution in [0.15, 0.2) is 16.1 Å². The molecule has 8 heavy (non-hydrogen) atoms. The summed E-state index contributed by atoms with van der Waals surface area (Å²) in [5.41, 5.74) is 0. The molecule has 0 saturated heterocycles. The molecule has 1 aliphatic heterocycles. The van der Waals surface area contributed by atoms with E-state index in [1.807, 2.05) is 6.20 Å². The topological polar surface area (TPSA) is 12.4 Å². The van der Waals surface area contributed by atoms with Crippen LogP contribution in [0.25, 0.3) is 0 Å². The summed E-state index contributed by atoms with van der Waals surface area (Å²) in [7, 11) is 0.0237. The Balaban J connectivity index is 2.75. The first-order chi connectivity index (χ1) is 3.72. The van der Waals surface area contributed by atoms with E-state index in [1.165, 1.54) is 9.95 Å². The summed E-state index contributed by atoms with van der Waals surface area (Å²) in [4.78, 5) is 5.62. The van der Waals surface area contributed by atoms with Crippen molar-refractivity contribution in [3.8, 4) is 0 Å². The minimum absolute atomic E-state index is 0.0237. The van der Waals surface area contributed by atoms with Crippen LogP contribution in [0.1, 0.15) is 13.8 Å². The van der Waals surface area contributed by atoms with Gasteiger partial charge in [-0.2, -0.15) is 10.9 Å². The highest BCUT2D eigenvalue weighted by atomic mass is 32.2. The molecule has 0 fully saturated rings. The Kier molecular flexibility index (Phi) is 1.43. The minimum Gasteiger partial charge on any atom is -0.255 e. The molecule has 1 aliphatic rings. The molecule has 0 aromatic carbocycles. The number of nitrogens with zero attached hydrogens (tertiary/aromatic N) is 1. The van der Waals surface area contributed by atoms with E-state index in [2.05, 4.69) is 25.1 Å². The maximum Gasteiger partial charge on any atom is 0.0540 e. The smallest absolute Gasteiger partial charge is 0.0540 e. The lowest BCUT2D eigenvalue weighted by molar-refractivity contribution is 1.53. The van der Waals surface area contributed by atoms with Crippen LogP contribution in [0.3, 0.4) is 0 Å². The molecule has 0 aromatic heterocycles. The molecule has 0 N–H and O–H groups in total. The molecule has 2 heteroatoms. The minimum atomic E-state index is 0.0237. The lowest BCUT2D eigenvalue weighted by Gasteiger charge is -2.07. The molecule has 0 radical (unpaired) electrons.